The number of aliphatic hydroxyl groups excluding tert-OH is 1. The van der Waals surface area contributed by atoms with Gasteiger partial charge in [0.05, 0.1) is 0 Å². The topological polar surface area (TPSA) is 23.5 Å². The van der Waals surface area contributed by atoms with Crippen LogP contribution < -0.4 is 0 Å². The number of piperidine rings is 1. The summed E-state index contributed by atoms with van der Waals surface area (Å²) >= 11 is 0. The molecule has 0 unspecified atom stereocenters. The van der Waals surface area contributed by atoms with E-state index in [2.05, 4.69) is 4.90 Å². The third-order valence-electron chi connectivity index (χ3n) is 3.30. The molecule has 0 bridgehead atoms. The van der Waals surface area contributed by atoms with Gasteiger partial charge in [0.1, 0.15) is 0 Å². The Morgan fingerprint density at radius 1 is 1.07 bits per heavy atom. The van der Waals surface area contributed by atoms with Gasteiger partial charge in [-0.15, -0.1) is 0 Å². The molecule has 1 aliphatic carbocycles. The van der Waals surface area contributed by atoms with Crippen molar-refractivity contribution < 1.29 is 5.11 Å². The van der Waals surface area contributed by atoms with Crippen molar-refractivity contribution in [2.75, 3.05) is 26.2 Å². The van der Waals surface area contributed by atoms with Crippen LogP contribution in [-0.4, -0.2) is 36.2 Å². The van der Waals surface area contributed by atoms with Crippen LogP contribution >= 0.6 is 0 Å². The highest BCUT2D eigenvalue weighted by Crippen LogP contribution is 2.45. The Morgan fingerprint density at radius 2 is 1.64 bits per heavy atom. The van der Waals surface area contributed by atoms with Gasteiger partial charge in [0.25, 0.3) is 0 Å². The van der Waals surface area contributed by atoms with E-state index in [9.17, 15) is 0 Å². The molecule has 2 heteroatoms. The van der Waals surface area contributed by atoms with Gasteiger partial charge < -0.3 is 10.0 Å². The molecular formula is C12H25NO. The van der Waals surface area contributed by atoms with E-state index in [1.807, 2.05) is 13.8 Å². The third kappa shape index (κ3) is 3.25. The second-order valence-corrected chi connectivity index (χ2v) is 4.49. The predicted molar refractivity (Wildman–Crippen MR) is 60.4 cm³/mol. The molecule has 0 aromatic carbocycles. The summed E-state index contributed by atoms with van der Waals surface area (Å²) in [4.78, 5) is 2.53. The fraction of sp³-hybridized carbons (Fsp3) is 1.00. The van der Waals surface area contributed by atoms with Gasteiger partial charge in [-0.25, -0.2) is 0 Å². The van der Waals surface area contributed by atoms with E-state index < -0.39 is 0 Å². The van der Waals surface area contributed by atoms with Gasteiger partial charge in [0.15, 0.2) is 0 Å². The molecule has 0 aromatic rings. The summed E-state index contributed by atoms with van der Waals surface area (Å²) in [5, 5.41) is 9.16. The molecule has 1 saturated heterocycles. The smallest absolute Gasteiger partial charge is 0.0499 e. The molecule has 1 heterocycles. The van der Waals surface area contributed by atoms with Crippen molar-refractivity contribution in [1.82, 2.24) is 4.90 Å². The molecule has 2 fully saturated rings. The van der Waals surface area contributed by atoms with Crippen molar-refractivity contribution in [2.24, 2.45) is 5.41 Å². The lowest BCUT2D eigenvalue weighted by Crippen LogP contribution is -2.36. The second-order valence-electron chi connectivity index (χ2n) is 4.49. The molecule has 0 aromatic heterocycles. The van der Waals surface area contributed by atoms with Crippen LogP contribution in [0.5, 0.6) is 0 Å². The third-order valence-corrected chi connectivity index (χ3v) is 3.30. The van der Waals surface area contributed by atoms with Crippen LogP contribution in [0.1, 0.15) is 46.0 Å². The van der Waals surface area contributed by atoms with Crippen molar-refractivity contribution in [2.45, 2.75) is 46.0 Å². The van der Waals surface area contributed by atoms with Gasteiger partial charge in [-0.05, 0) is 38.8 Å². The lowest BCUT2D eigenvalue weighted by molar-refractivity contribution is 0.133. The van der Waals surface area contributed by atoms with Crippen molar-refractivity contribution >= 4 is 0 Å². The highest BCUT2D eigenvalue weighted by molar-refractivity contribution is 4.95. The lowest BCUT2D eigenvalue weighted by Gasteiger charge is -2.29. The van der Waals surface area contributed by atoms with Crippen LogP contribution in [0.15, 0.2) is 0 Å². The SMILES string of the molecule is CC.OCC1(CN2CCCCC2)CC1. The maximum Gasteiger partial charge on any atom is 0.0499 e. The van der Waals surface area contributed by atoms with Gasteiger partial charge in [-0.1, -0.05) is 20.3 Å². The molecule has 0 atom stereocenters. The zero-order valence-electron chi connectivity index (χ0n) is 9.76. The summed E-state index contributed by atoms with van der Waals surface area (Å²) in [7, 11) is 0. The molecule has 2 aliphatic rings. The van der Waals surface area contributed by atoms with E-state index in [0.29, 0.717) is 12.0 Å². The van der Waals surface area contributed by atoms with Crippen LogP contribution in [0.2, 0.25) is 0 Å². The van der Waals surface area contributed by atoms with Crippen LogP contribution in [0.3, 0.4) is 0 Å². The highest BCUT2D eigenvalue weighted by Gasteiger charge is 2.43. The zero-order valence-corrected chi connectivity index (χ0v) is 9.76. The summed E-state index contributed by atoms with van der Waals surface area (Å²) in [6.45, 7) is 8.09. The molecule has 2 nitrogen and oxygen atoms in total. The number of hydrogen-bond acceptors (Lipinski definition) is 2. The number of rotatable bonds is 3. The first kappa shape index (κ1) is 12.0. The summed E-state index contributed by atoms with van der Waals surface area (Å²) in [6, 6.07) is 0. The van der Waals surface area contributed by atoms with Gasteiger partial charge in [0, 0.05) is 18.6 Å². The first-order valence-electron chi connectivity index (χ1n) is 6.18. The largest absolute Gasteiger partial charge is 0.396 e. The molecule has 1 saturated carbocycles. The van der Waals surface area contributed by atoms with Crippen molar-refractivity contribution in [3.63, 3.8) is 0 Å². The van der Waals surface area contributed by atoms with Crippen LogP contribution in [0.4, 0.5) is 0 Å². The summed E-state index contributed by atoms with van der Waals surface area (Å²) in [5.41, 5.74) is 0.331. The van der Waals surface area contributed by atoms with Gasteiger partial charge >= 0.3 is 0 Å². The number of nitrogens with zero attached hydrogens (tertiary/aromatic N) is 1. The molecular weight excluding hydrogens is 174 g/mol. The summed E-state index contributed by atoms with van der Waals surface area (Å²) in [5.74, 6) is 0. The summed E-state index contributed by atoms with van der Waals surface area (Å²) < 4.78 is 0. The quantitative estimate of drug-likeness (QED) is 0.753. The number of aliphatic hydroxyl groups is 1. The van der Waals surface area contributed by atoms with Crippen LogP contribution in [0.25, 0.3) is 0 Å². The first-order chi connectivity index (χ1) is 6.85. The molecule has 84 valence electrons. The van der Waals surface area contributed by atoms with Gasteiger partial charge in [0.2, 0.25) is 0 Å². The second kappa shape index (κ2) is 5.72. The Bertz CT molecular complexity index is 148. The maximum absolute atomic E-state index is 9.16. The molecule has 14 heavy (non-hydrogen) atoms. The standard InChI is InChI=1S/C10H19NO.C2H6/c12-9-10(4-5-10)8-11-6-2-1-3-7-11;1-2/h12H,1-9H2;1-2H3. The average Bonchev–Trinajstić information content (AvgIpc) is 3.03. The molecule has 0 spiro atoms. The average molecular weight is 199 g/mol. The van der Waals surface area contributed by atoms with E-state index in [-0.39, 0.29) is 0 Å². The first-order valence-corrected chi connectivity index (χ1v) is 6.18. The van der Waals surface area contributed by atoms with Crippen molar-refractivity contribution in [3.8, 4) is 0 Å². The Morgan fingerprint density at radius 3 is 2.07 bits per heavy atom. The normalized spacial score (nSPS) is 25.1. The minimum Gasteiger partial charge on any atom is -0.396 e. The van der Waals surface area contributed by atoms with E-state index in [1.165, 1.54) is 45.2 Å². The molecule has 0 radical (unpaired) electrons. The molecule has 2 rings (SSSR count). The van der Waals surface area contributed by atoms with E-state index >= 15 is 0 Å². The van der Waals surface area contributed by atoms with E-state index in [1.54, 1.807) is 0 Å². The van der Waals surface area contributed by atoms with Crippen LogP contribution in [-0.2, 0) is 0 Å². The minimum atomic E-state index is 0.331. The monoisotopic (exact) mass is 199 g/mol. The fourth-order valence-corrected chi connectivity index (χ4v) is 2.13. The number of hydrogen-bond donors (Lipinski definition) is 1. The molecule has 0 amide bonds. The van der Waals surface area contributed by atoms with E-state index in [4.69, 9.17) is 5.11 Å². The molecule has 1 N–H and O–H groups in total. The Labute approximate surface area is 88.3 Å². The Hall–Kier alpha value is -0.0800. The Kier molecular flexibility index (Phi) is 4.90. The van der Waals surface area contributed by atoms with Crippen LogP contribution in [0, 0.1) is 5.41 Å². The number of likely N-dealkylation sites (tertiary alicyclic amines) is 1. The highest BCUT2D eigenvalue weighted by atomic mass is 16.3. The maximum atomic E-state index is 9.16. The van der Waals surface area contributed by atoms with Crippen molar-refractivity contribution in [1.29, 1.82) is 0 Å². The fourth-order valence-electron chi connectivity index (χ4n) is 2.13. The lowest BCUT2D eigenvalue weighted by atomic mass is 10.1. The van der Waals surface area contributed by atoms with E-state index in [0.717, 1.165) is 6.54 Å². The predicted octanol–water partition coefficient (Wildman–Crippen LogP) is 2.27. The zero-order chi connectivity index (χ0) is 10.4. The van der Waals surface area contributed by atoms with Gasteiger partial charge in [-0.2, -0.15) is 0 Å². The minimum absolute atomic E-state index is 0.331. The van der Waals surface area contributed by atoms with Crippen molar-refractivity contribution in [3.05, 3.63) is 0 Å². The van der Waals surface area contributed by atoms with Gasteiger partial charge in [-0.3, -0.25) is 0 Å². The molecule has 1 aliphatic heterocycles. The Balaban J connectivity index is 0.000000461. The summed E-state index contributed by atoms with van der Waals surface area (Å²) in [6.07, 6.45) is 6.63.